The van der Waals surface area contributed by atoms with Crippen LogP contribution in [0.5, 0.6) is 11.5 Å². The second kappa shape index (κ2) is 15.1. The summed E-state index contributed by atoms with van der Waals surface area (Å²) < 4.78 is 33.1. The number of fused-ring (bicyclic) bond motifs is 1. The molecule has 3 heterocycles. The highest BCUT2D eigenvalue weighted by Gasteiger charge is 2.39. The minimum Gasteiger partial charge on any atom is -0.543 e. The van der Waals surface area contributed by atoms with E-state index in [1.54, 1.807) is 6.20 Å². The maximum atomic E-state index is 6.70. The van der Waals surface area contributed by atoms with Crippen LogP contribution in [0.1, 0.15) is 72.1 Å². The summed E-state index contributed by atoms with van der Waals surface area (Å²) in [6.45, 7) is 17.8. The van der Waals surface area contributed by atoms with Gasteiger partial charge in [-0.15, -0.1) is 0 Å². The van der Waals surface area contributed by atoms with Gasteiger partial charge in [-0.2, -0.15) is 5.10 Å². The first-order chi connectivity index (χ1) is 22.0. The lowest BCUT2D eigenvalue weighted by molar-refractivity contribution is -0.0365. The van der Waals surface area contributed by atoms with Crippen LogP contribution in [-0.2, 0) is 20.8 Å². The van der Waals surface area contributed by atoms with Gasteiger partial charge >= 0.3 is 0 Å². The molecule has 2 aromatic carbocycles. The van der Waals surface area contributed by atoms with E-state index in [0.717, 1.165) is 60.2 Å². The molecule has 0 N–H and O–H groups in total. The zero-order chi connectivity index (χ0) is 32.7. The Balaban J connectivity index is 1.26. The van der Waals surface area contributed by atoms with Crippen LogP contribution in [0.3, 0.4) is 0 Å². The molecule has 0 aliphatic carbocycles. The van der Waals surface area contributed by atoms with E-state index in [1.807, 2.05) is 42.1 Å². The van der Waals surface area contributed by atoms with Gasteiger partial charge in [-0.3, -0.25) is 4.98 Å². The molecule has 248 valence electrons. The van der Waals surface area contributed by atoms with Gasteiger partial charge in [0.25, 0.3) is 0 Å². The van der Waals surface area contributed by atoms with Crippen LogP contribution in [-0.4, -0.2) is 55.1 Å². The largest absolute Gasteiger partial charge is 0.543 e. The Hall–Kier alpha value is -3.24. The predicted molar refractivity (Wildman–Crippen MR) is 186 cm³/mol. The molecule has 1 aliphatic rings. The van der Waals surface area contributed by atoms with Crippen molar-refractivity contribution in [1.29, 1.82) is 0 Å². The Morgan fingerprint density at radius 3 is 2.52 bits per heavy atom. The maximum absolute atomic E-state index is 6.70. The lowest BCUT2D eigenvalue weighted by Crippen LogP contribution is -2.43. The molecule has 1 unspecified atom stereocenters. The van der Waals surface area contributed by atoms with Crippen molar-refractivity contribution in [3.63, 3.8) is 0 Å². The van der Waals surface area contributed by atoms with E-state index in [2.05, 4.69) is 76.1 Å². The molecule has 0 amide bonds. The summed E-state index contributed by atoms with van der Waals surface area (Å²) in [5.41, 5.74) is 3.94. The Kier molecular flexibility index (Phi) is 11.2. The second-order valence-corrected chi connectivity index (χ2v) is 18.7. The first-order valence-electron chi connectivity index (χ1n) is 16.7. The number of hydrogen-bond acceptors (Lipinski definition) is 7. The van der Waals surface area contributed by atoms with Crippen LogP contribution in [0.25, 0.3) is 22.2 Å². The average molecular weight is 646 g/mol. The molecule has 0 bridgehead atoms. The van der Waals surface area contributed by atoms with Crippen molar-refractivity contribution in [3.8, 4) is 22.8 Å². The van der Waals surface area contributed by atoms with Crippen molar-refractivity contribution in [2.45, 2.75) is 103 Å². The molecule has 46 heavy (non-hydrogen) atoms. The van der Waals surface area contributed by atoms with E-state index >= 15 is 0 Å². The Morgan fingerprint density at radius 1 is 0.978 bits per heavy atom. The average Bonchev–Trinajstić information content (AvgIpc) is 3.41. The molecule has 2 aromatic heterocycles. The minimum absolute atomic E-state index is 0.0896. The van der Waals surface area contributed by atoms with Gasteiger partial charge in [-0.25, -0.2) is 4.68 Å². The highest BCUT2D eigenvalue weighted by atomic mass is 28.4. The molecule has 1 fully saturated rings. The minimum atomic E-state index is -2.02. The highest BCUT2D eigenvalue weighted by Crippen LogP contribution is 2.40. The van der Waals surface area contributed by atoms with Crippen LogP contribution in [0, 0.1) is 0 Å². The maximum Gasteiger partial charge on any atom is 0.250 e. The fourth-order valence-corrected chi connectivity index (χ4v) is 6.28. The van der Waals surface area contributed by atoms with Crippen molar-refractivity contribution in [1.82, 2.24) is 14.8 Å². The lowest BCUT2D eigenvalue weighted by Gasteiger charge is -2.36. The van der Waals surface area contributed by atoms with Crippen LogP contribution in [0.15, 0.2) is 67.0 Å². The number of ether oxygens (including phenoxy) is 4. The first-order valence-corrected chi connectivity index (χ1v) is 19.6. The second-order valence-electron chi connectivity index (χ2n) is 14.0. The summed E-state index contributed by atoms with van der Waals surface area (Å²) in [7, 11) is -2.02. The highest BCUT2D eigenvalue weighted by molar-refractivity contribution is 6.74. The fourth-order valence-electron chi connectivity index (χ4n) is 5.25. The predicted octanol–water partition coefficient (Wildman–Crippen LogP) is 8.96. The standard InChI is InChI=1S/C37H51N3O5Si/c1-27(43-26-29-13-9-8-10-14-29)18-20-41-25-28(2)44-32-21-30(23-38-24-32)36-33-22-31(45-46(6,7)37(3,4)5)16-17-34(33)40(39-36)35-15-11-12-19-42-35/h8-10,13-14,16-17,21-24,27-28,35H,11-12,15,18-20,25-26H2,1-7H3/t27-,28+,35?/m1/s1. The van der Waals surface area contributed by atoms with Gasteiger partial charge < -0.3 is 23.4 Å². The van der Waals surface area contributed by atoms with Crippen molar-refractivity contribution >= 4 is 19.2 Å². The van der Waals surface area contributed by atoms with E-state index in [0.29, 0.717) is 25.6 Å². The number of pyridine rings is 1. The van der Waals surface area contributed by atoms with Crippen LogP contribution < -0.4 is 9.16 Å². The smallest absolute Gasteiger partial charge is 0.250 e. The summed E-state index contributed by atoms with van der Waals surface area (Å²) in [6.07, 6.45) is 7.43. The molecule has 0 spiro atoms. The van der Waals surface area contributed by atoms with Gasteiger partial charge in [0.1, 0.15) is 23.3 Å². The summed E-state index contributed by atoms with van der Waals surface area (Å²) in [4.78, 5) is 4.53. The number of hydrogen-bond donors (Lipinski definition) is 0. The quantitative estimate of drug-likeness (QED) is 0.100. The Bertz CT molecular complexity index is 1550. The fraction of sp³-hybridized carbons (Fsp3) is 0.514. The van der Waals surface area contributed by atoms with Crippen LogP contribution in [0.2, 0.25) is 18.1 Å². The van der Waals surface area contributed by atoms with Crippen molar-refractivity contribution in [3.05, 3.63) is 72.6 Å². The van der Waals surface area contributed by atoms with Gasteiger partial charge in [-0.1, -0.05) is 51.1 Å². The zero-order valence-electron chi connectivity index (χ0n) is 28.6. The molecule has 9 heteroatoms. The molecule has 0 saturated carbocycles. The zero-order valence-corrected chi connectivity index (χ0v) is 29.6. The molecule has 3 atom stereocenters. The Morgan fingerprint density at radius 2 is 1.78 bits per heavy atom. The Labute approximate surface area is 275 Å². The van der Waals surface area contributed by atoms with Gasteiger partial charge in [0.15, 0.2) is 6.23 Å². The van der Waals surface area contributed by atoms with E-state index < -0.39 is 8.32 Å². The molecular weight excluding hydrogens is 595 g/mol. The summed E-state index contributed by atoms with van der Waals surface area (Å²) in [5.74, 6) is 1.55. The summed E-state index contributed by atoms with van der Waals surface area (Å²) in [6, 6.07) is 18.6. The number of nitrogens with zero attached hydrogens (tertiary/aromatic N) is 3. The number of rotatable bonds is 14. The van der Waals surface area contributed by atoms with E-state index in [1.165, 1.54) is 5.56 Å². The third kappa shape index (κ3) is 8.76. The molecule has 4 aromatic rings. The molecule has 0 radical (unpaired) electrons. The normalized spacial score (nSPS) is 17.2. The monoisotopic (exact) mass is 645 g/mol. The van der Waals surface area contributed by atoms with E-state index in [-0.39, 0.29) is 23.5 Å². The molecular formula is C37H51N3O5Si. The third-order valence-corrected chi connectivity index (χ3v) is 13.4. The molecule has 1 aliphatic heterocycles. The number of benzene rings is 2. The van der Waals surface area contributed by atoms with Gasteiger partial charge in [0.05, 0.1) is 31.0 Å². The van der Waals surface area contributed by atoms with Gasteiger partial charge in [-0.05, 0) is 87.5 Å². The molecule has 1 saturated heterocycles. The van der Waals surface area contributed by atoms with E-state index in [9.17, 15) is 0 Å². The summed E-state index contributed by atoms with van der Waals surface area (Å²) >= 11 is 0. The van der Waals surface area contributed by atoms with Gasteiger partial charge in [0, 0.05) is 30.4 Å². The van der Waals surface area contributed by atoms with Crippen LogP contribution >= 0.6 is 0 Å². The molecule has 8 nitrogen and oxygen atoms in total. The summed E-state index contributed by atoms with van der Waals surface area (Å²) in [5, 5.41) is 6.23. The van der Waals surface area contributed by atoms with E-state index in [4.69, 9.17) is 28.5 Å². The topological polar surface area (TPSA) is 76.9 Å². The van der Waals surface area contributed by atoms with Gasteiger partial charge in [0.2, 0.25) is 8.32 Å². The lowest BCUT2D eigenvalue weighted by atomic mass is 10.1. The van der Waals surface area contributed by atoms with Crippen LogP contribution in [0.4, 0.5) is 0 Å². The number of aromatic nitrogens is 3. The first kappa shape index (κ1) is 34.1. The van der Waals surface area contributed by atoms with Crippen molar-refractivity contribution < 1.29 is 23.4 Å². The third-order valence-electron chi connectivity index (χ3n) is 9.01. The van der Waals surface area contributed by atoms with Crippen molar-refractivity contribution in [2.75, 3.05) is 19.8 Å². The van der Waals surface area contributed by atoms with Crippen molar-refractivity contribution in [2.24, 2.45) is 0 Å². The SMILES string of the molecule is C[C@H](CCOC[C@H](C)Oc1cncc(-c2nn(C3CCCCO3)c3ccc(O[Si](C)(C)C(C)(C)C)cc23)c1)OCc1ccccc1. The molecule has 5 rings (SSSR count).